The lowest BCUT2D eigenvalue weighted by Gasteiger charge is -2.26. The van der Waals surface area contributed by atoms with Gasteiger partial charge in [-0.15, -0.1) is 0 Å². The Morgan fingerprint density at radius 3 is 2.65 bits per heavy atom. The fraction of sp³-hybridized carbons (Fsp3) is 1.00. The van der Waals surface area contributed by atoms with E-state index in [1.807, 2.05) is 20.8 Å². The summed E-state index contributed by atoms with van der Waals surface area (Å²) >= 11 is 0. The van der Waals surface area contributed by atoms with Crippen molar-refractivity contribution < 1.29 is 24.1 Å². The van der Waals surface area contributed by atoms with Crippen molar-refractivity contribution >= 4 is 0 Å². The zero-order chi connectivity index (χ0) is 12.6. The molecule has 0 spiro atoms. The van der Waals surface area contributed by atoms with Crippen molar-refractivity contribution in [3.8, 4) is 0 Å². The second kappa shape index (κ2) is 4.82. The molecule has 0 radical (unpaired) electrons. The summed E-state index contributed by atoms with van der Waals surface area (Å²) in [5.41, 5.74) is 0. The first-order chi connectivity index (χ1) is 7.91. The van der Waals surface area contributed by atoms with Crippen LogP contribution in [0.4, 0.5) is 0 Å². The normalized spacial score (nSPS) is 39.0. The van der Waals surface area contributed by atoms with Gasteiger partial charge in [-0.2, -0.15) is 0 Å². The largest absolute Gasteiger partial charge is 0.368 e. The molecule has 0 aromatic rings. The van der Waals surface area contributed by atoms with Gasteiger partial charge in [0.1, 0.15) is 6.10 Å². The molecule has 0 amide bonds. The van der Waals surface area contributed by atoms with Crippen LogP contribution in [0, 0.1) is 0 Å². The third-order valence-corrected chi connectivity index (χ3v) is 3.10. The van der Waals surface area contributed by atoms with Gasteiger partial charge in [0.15, 0.2) is 18.4 Å². The molecule has 5 nitrogen and oxygen atoms in total. The van der Waals surface area contributed by atoms with Crippen molar-refractivity contribution in [1.82, 2.24) is 0 Å². The van der Waals surface area contributed by atoms with Crippen LogP contribution in [0.3, 0.4) is 0 Å². The molecule has 2 aliphatic rings. The zero-order valence-corrected chi connectivity index (χ0v) is 10.9. The van der Waals surface area contributed by atoms with E-state index < -0.39 is 12.1 Å². The Bertz CT molecular complexity index is 250. The third-order valence-electron chi connectivity index (χ3n) is 3.10. The Kier molecular flexibility index (Phi) is 3.75. The molecule has 1 unspecified atom stereocenters. The van der Waals surface area contributed by atoms with E-state index in [4.69, 9.17) is 18.9 Å². The number of rotatable bonds is 4. The zero-order valence-electron chi connectivity index (χ0n) is 10.9. The predicted octanol–water partition coefficient (Wildman–Crippen LogP) is 1.39. The summed E-state index contributed by atoms with van der Waals surface area (Å²) in [7, 11) is 0. The highest BCUT2D eigenvalue weighted by molar-refractivity contribution is 4.88. The lowest BCUT2D eigenvalue weighted by atomic mass is 10.1. The molecule has 100 valence electrons. The van der Waals surface area contributed by atoms with Crippen molar-refractivity contribution in [2.24, 2.45) is 0 Å². The van der Waals surface area contributed by atoms with E-state index in [-0.39, 0.29) is 24.6 Å². The molecule has 0 aromatic heterocycles. The second-order valence-electron chi connectivity index (χ2n) is 5.13. The minimum Gasteiger partial charge on any atom is -0.368 e. The molecule has 2 heterocycles. The van der Waals surface area contributed by atoms with Gasteiger partial charge in [0.2, 0.25) is 0 Å². The number of aliphatic hydroxyl groups is 1. The maximum absolute atomic E-state index is 9.26. The quantitative estimate of drug-likeness (QED) is 0.760. The lowest BCUT2D eigenvalue weighted by molar-refractivity contribution is -0.229. The smallest absolute Gasteiger partial charge is 0.187 e. The Balaban J connectivity index is 1.91. The highest BCUT2D eigenvalue weighted by Gasteiger charge is 2.50. The molecule has 5 atom stereocenters. The molecule has 0 aliphatic carbocycles. The van der Waals surface area contributed by atoms with Crippen LogP contribution in [-0.2, 0) is 18.9 Å². The number of hydrogen-bond donors (Lipinski definition) is 1. The summed E-state index contributed by atoms with van der Waals surface area (Å²) < 4.78 is 22.6. The van der Waals surface area contributed by atoms with E-state index in [2.05, 4.69) is 0 Å². The van der Waals surface area contributed by atoms with Gasteiger partial charge in [-0.25, -0.2) is 0 Å². The molecular formula is C12H22O5. The summed E-state index contributed by atoms with van der Waals surface area (Å²) in [5, 5.41) is 9.26. The van der Waals surface area contributed by atoms with Gasteiger partial charge >= 0.3 is 0 Å². The van der Waals surface area contributed by atoms with E-state index in [1.54, 1.807) is 6.92 Å². The van der Waals surface area contributed by atoms with Gasteiger partial charge in [-0.05, 0) is 27.2 Å². The molecule has 2 aliphatic heterocycles. The highest BCUT2D eigenvalue weighted by atomic mass is 16.8. The van der Waals surface area contributed by atoms with Crippen molar-refractivity contribution in [2.75, 3.05) is 0 Å². The van der Waals surface area contributed by atoms with Crippen LogP contribution < -0.4 is 0 Å². The number of hydrogen-bond acceptors (Lipinski definition) is 5. The average Bonchev–Trinajstić information content (AvgIpc) is 2.66. The Morgan fingerprint density at radius 2 is 2.12 bits per heavy atom. The first kappa shape index (κ1) is 13.2. The average molecular weight is 246 g/mol. The highest BCUT2D eigenvalue weighted by Crippen LogP contribution is 2.38. The molecule has 1 N–H and O–H groups in total. The van der Waals surface area contributed by atoms with Crippen LogP contribution in [-0.4, -0.2) is 41.8 Å². The number of ether oxygens (including phenoxy) is 4. The summed E-state index contributed by atoms with van der Waals surface area (Å²) in [6.07, 6.45) is 0.250. The van der Waals surface area contributed by atoms with Gasteiger partial charge in [0.25, 0.3) is 0 Å². The van der Waals surface area contributed by atoms with Gasteiger partial charge in [0.05, 0.1) is 12.2 Å². The minimum atomic E-state index is -0.776. The van der Waals surface area contributed by atoms with Crippen molar-refractivity contribution in [2.45, 2.75) is 77.2 Å². The van der Waals surface area contributed by atoms with Crippen LogP contribution in [0.5, 0.6) is 0 Å². The standard InChI is InChI=1S/C12H22O5/c1-5-8(14-7(2)13)9-6-10-11(15-9)17-12(3,4)16-10/h7-11,13H,5-6H2,1-4H3/t7?,8-,9-,10+,11+/m0/s1. The molecule has 0 saturated carbocycles. The Labute approximate surface area is 102 Å². The van der Waals surface area contributed by atoms with Crippen molar-refractivity contribution in [3.63, 3.8) is 0 Å². The summed E-state index contributed by atoms with van der Waals surface area (Å²) in [6.45, 7) is 7.38. The summed E-state index contributed by atoms with van der Waals surface area (Å²) in [5.74, 6) is -0.562. The fourth-order valence-corrected chi connectivity index (χ4v) is 2.47. The maximum Gasteiger partial charge on any atom is 0.187 e. The van der Waals surface area contributed by atoms with Crippen molar-refractivity contribution in [1.29, 1.82) is 0 Å². The molecule has 0 aromatic carbocycles. The Morgan fingerprint density at radius 1 is 1.41 bits per heavy atom. The van der Waals surface area contributed by atoms with Crippen LogP contribution in [0.15, 0.2) is 0 Å². The fourth-order valence-electron chi connectivity index (χ4n) is 2.47. The molecule has 2 rings (SSSR count). The van der Waals surface area contributed by atoms with Crippen LogP contribution >= 0.6 is 0 Å². The predicted molar refractivity (Wildman–Crippen MR) is 60.2 cm³/mol. The molecule has 2 fully saturated rings. The van der Waals surface area contributed by atoms with E-state index in [0.717, 1.165) is 12.8 Å². The van der Waals surface area contributed by atoms with Crippen molar-refractivity contribution in [3.05, 3.63) is 0 Å². The molecule has 2 saturated heterocycles. The van der Waals surface area contributed by atoms with Gasteiger partial charge in [-0.1, -0.05) is 6.92 Å². The van der Waals surface area contributed by atoms with E-state index in [1.165, 1.54) is 0 Å². The molecule has 17 heavy (non-hydrogen) atoms. The monoisotopic (exact) mass is 246 g/mol. The lowest BCUT2D eigenvalue weighted by Crippen LogP contribution is -2.34. The van der Waals surface area contributed by atoms with E-state index in [0.29, 0.717) is 0 Å². The topological polar surface area (TPSA) is 57.2 Å². The summed E-state index contributed by atoms with van der Waals surface area (Å²) in [4.78, 5) is 0. The minimum absolute atomic E-state index is 0.0263. The van der Waals surface area contributed by atoms with Crippen LogP contribution in [0.1, 0.15) is 40.5 Å². The van der Waals surface area contributed by atoms with Crippen LogP contribution in [0.2, 0.25) is 0 Å². The first-order valence-corrected chi connectivity index (χ1v) is 6.26. The molecule has 5 heteroatoms. The SMILES string of the molecule is CC[C@H](OC(C)O)[C@@H]1C[C@H]2OC(C)(C)O[C@H]2O1. The number of aliphatic hydroxyl groups excluding tert-OH is 1. The molecule has 0 bridgehead atoms. The molecular weight excluding hydrogens is 224 g/mol. The first-order valence-electron chi connectivity index (χ1n) is 6.26. The second-order valence-corrected chi connectivity index (χ2v) is 5.13. The number of fused-ring (bicyclic) bond motifs is 1. The Hall–Kier alpha value is -0.200. The van der Waals surface area contributed by atoms with Crippen LogP contribution in [0.25, 0.3) is 0 Å². The maximum atomic E-state index is 9.26. The van der Waals surface area contributed by atoms with Gasteiger partial charge < -0.3 is 24.1 Å². The summed E-state index contributed by atoms with van der Waals surface area (Å²) in [6, 6.07) is 0. The van der Waals surface area contributed by atoms with E-state index >= 15 is 0 Å². The van der Waals surface area contributed by atoms with E-state index in [9.17, 15) is 5.11 Å². The van der Waals surface area contributed by atoms with Gasteiger partial charge in [0, 0.05) is 6.42 Å². The third kappa shape index (κ3) is 2.98. The van der Waals surface area contributed by atoms with Gasteiger partial charge in [-0.3, -0.25) is 0 Å².